The first kappa shape index (κ1) is 17.0. The quantitative estimate of drug-likeness (QED) is 0.779. The molecule has 8 heteroatoms. The zero-order valence-electron chi connectivity index (χ0n) is 12.6. The zero-order valence-corrected chi connectivity index (χ0v) is 13.4. The van der Waals surface area contributed by atoms with Gasteiger partial charge in [-0.15, -0.1) is 0 Å². The molecule has 7 nitrogen and oxygen atoms in total. The molecule has 2 N–H and O–H groups in total. The van der Waals surface area contributed by atoms with Gasteiger partial charge < -0.3 is 10.4 Å². The van der Waals surface area contributed by atoms with Crippen molar-refractivity contribution in [3.63, 3.8) is 0 Å². The van der Waals surface area contributed by atoms with Gasteiger partial charge >= 0.3 is 5.97 Å². The Kier molecular flexibility index (Phi) is 5.75. The minimum atomic E-state index is -1.13. The molecule has 1 atom stereocenters. The molecule has 0 aliphatic carbocycles. The van der Waals surface area contributed by atoms with Crippen LogP contribution >= 0.6 is 11.8 Å². The van der Waals surface area contributed by atoms with Crippen LogP contribution in [0.4, 0.5) is 0 Å². The van der Waals surface area contributed by atoms with E-state index in [-0.39, 0.29) is 5.56 Å². The summed E-state index contributed by atoms with van der Waals surface area (Å²) in [5.74, 6) is -0.976. The van der Waals surface area contributed by atoms with Crippen LogP contribution in [0.5, 0.6) is 0 Å². The monoisotopic (exact) mass is 335 g/mol. The highest BCUT2D eigenvalue weighted by Crippen LogP contribution is 2.14. The van der Waals surface area contributed by atoms with Crippen LogP contribution in [0.25, 0.3) is 10.9 Å². The van der Waals surface area contributed by atoms with Crippen molar-refractivity contribution in [3.8, 4) is 0 Å². The van der Waals surface area contributed by atoms with Crippen LogP contribution < -0.4 is 10.9 Å². The van der Waals surface area contributed by atoms with Crippen molar-refractivity contribution in [1.82, 2.24) is 14.9 Å². The number of nitrogens with one attached hydrogen (secondary N) is 1. The van der Waals surface area contributed by atoms with Gasteiger partial charge in [0.05, 0.1) is 17.2 Å². The molecule has 1 heterocycles. The molecule has 1 aromatic carbocycles. The molecular formula is C15H17N3O4S. The molecule has 1 aromatic heterocycles. The molecule has 23 heavy (non-hydrogen) atoms. The molecule has 0 bridgehead atoms. The lowest BCUT2D eigenvalue weighted by Gasteiger charge is -2.18. The Morgan fingerprint density at radius 3 is 2.83 bits per heavy atom. The van der Waals surface area contributed by atoms with Crippen molar-refractivity contribution in [2.75, 3.05) is 18.6 Å². The van der Waals surface area contributed by atoms with Crippen molar-refractivity contribution in [1.29, 1.82) is 0 Å². The second kappa shape index (κ2) is 7.77. The minimum Gasteiger partial charge on any atom is -0.480 e. The summed E-state index contributed by atoms with van der Waals surface area (Å²) in [6.07, 6.45) is 3.65. The predicted molar refractivity (Wildman–Crippen MR) is 88.7 cm³/mol. The van der Waals surface area contributed by atoms with Gasteiger partial charge in [-0.2, -0.15) is 11.8 Å². The number of amides is 1. The summed E-state index contributed by atoms with van der Waals surface area (Å²) >= 11 is 1.54. The molecule has 1 unspecified atom stereocenters. The lowest BCUT2D eigenvalue weighted by molar-refractivity contribution is -0.138. The number of hydrogen-bond acceptors (Lipinski definition) is 5. The first-order valence-electron chi connectivity index (χ1n) is 6.99. The van der Waals surface area contributed by atoms with E-state index >= 15 is 0 Å². The van der Waals surface area contributed by atoms with Crippen molar-refractivity contribution < 1.29 is 14.7 Å². The van der Waals surface area contributed by atoms with Crippen LogP contribution in [0.3, 0.4) is 0 Å². The van der Waals surface area contributed by atoms with Crippen LogP contribution in [0.15, 0.2) is 35.4 Å². The van der Waals surface area contributed by atoms with E-state index < -0.39 is 24.5 Å². The molecule has 1 amide bonds. The van der Waals surface area contributed by atoms with Crippen LogP contribution in [0, 0.1) is 0 Å². The van der Waals surface area contributed by atoms with Crippen LogP contribution in [-0.4, -0.2) is 45.1 Å². The lowest BCUT2D eigenvalue weighted by atomic mass is 10.2. The summed E-state index contributed by atoms with van der Waals surface area (Å²) in [5.41, 5.74) is 0.246. The van der Waals surface area contributed by atoms with Crippen molar-refractivity contribution in [2.24, 2.45) is 0 Å². The molecule has 0 aliphatic rings. The van der Waals surface area contributed by atoms with Gasteiger partial charge in [0.1, 0.15) is 12.6 Å². The van der Waals surface area contributed by atoms with E-state index in [9.17, 15) is 14.4 Å². The Hall–Kier alpha value is -2.35. The maximum atomic E-state index is 12.6. The van der Waals surface area contributed by atoms with Gasteiger partial charge in [-0.1, -0.05) is 12.1 Å². The summed E-state index contributed by atoms with van der Waals surface area (Å²) in [4.78, 5) is 39.7. The predicted octanol–water partition coefficient (Wildman–Crippen LogP) is 0.891. The number of para-hydroxylation sites is 1. The second-order valence-corrected chi connectivity index (χ2v) is 5.87. The molecule has 122 valence electrons. The summed E-state index contributed by atoms with van der Waals surface area (Å²) < 4.78 is 1.27. The number of thioether (sulfide) groups is 1. The summed E-state index contributed by atoms with van der Waals surface area (Å²) in [7, 11) is 0. The molecule has 2 rings (SSSR count). The van der Waals surface area contributed by atoms with Crippen molar-refractivity contribution >= 4 is 34.5 Å². The number of nitrogens with zero attached hydrogens (tertiary/aromatic N) is 2. The molecule has 0 spiro atoms. The normalized spacial score (nSPS) is 12.0. The van der Waals surface area contributed by atoms with Gasteiger partial charge in [0.15, 0.2) is 0 Å². The molecule has 0 saturated heterocycles. The maximum absolute atomic E-state index is 12.6. The van der Waals surface area contributed by atoms with E-state index in [0.717, 1.165) is 0 Å². The SMILES string of the molecule is CSCCC(C(=O)NCC(=O)O)n1cnc2ccccc2c1=O. The van der Waals surface area contributed by atoms with Gasteiger partial charge in [-0.25, -0.2) is 4.98 Å². The average molecular weight is 335 g/mol. The number of carboxylic acids is 1. The molecule has 0 saturated carbocycles. The number of carbonyl (C=O) groups excluding carboxylic acids is 1. The van der Waals surface area contributed by atoms with Gasteiger partial charge in [0, 0.05) is 0 Å². The smallest absolute Gasteiger partial charge is 0.322 e. The Morgan fingerprint density at radius 1 is 1.39 bits per heavy atom. The molecule has 0 aliphatic heterocycles. The number of benzene rings is 1. The fourth-order valence-electron chi connectivity index (χ4n) is 2.21. The highest BCUT2D eigenvalue weighted by Gasteiger charge is 2.22. The minimum absolute atomic E-state index is 0.313. The fraction of sp³-hybridized carbons (Fsp3) is 0.333. The second-order valence-electron chi connectivity index (χ2n) is 4.88. The third-order valence-corrected chi connectivity index (χ3v) is 3.98. The van der Waals surface area contributed by atoms with Gasteiger partial charge in [0.25, 0.3) is 5.56 Å². The highest BCUT2D eigenvalue weighted by atomic mass is 32.2. The van der Waals surface area contributed by atoms with E-state index in [2.05, 4.69) is 10.3 Å². The topological polar surface area (TPSA) is 101 Å². The van der Waals surface area contributed by atoms with Crippen LogP contribution in [-0.2, 0) is 9.59 Å². The first-order chi connectivity index (χ1) is 11.0. The fourth-order valence-corrected chi connectivity index (χ4v) is 2.67. The molecule has 0 radical (unpaired) electrons. The molecular weight excluding hydrogens is 318 g/mol. The number of aliphatic carboxylic acids is 1. The molecule has 0 fully saturated rings. The highest BCUT2D eigenvalue weighted by molar-refractivity contribution is 7.98. The van der Waals surface area contributed by atoms with E-state index in [4.69, 9.17) is 5.11 Å². The van der Waals surface area contributed by atoms with Crippen molar-refractivity contribution in [3.05, 3.63) is 40.9 Å². The summed E-state index contributed by atoms with van der Waals surface area (Å²) in [6, 6.07) is 6.11. The van der Waals surface area contributed by atoms with Gasteiger partial charge in [0.2, 0.25) is 5.91 Å². The van der Waals surface area contributed by atoms with Crippen LogP contribution in [0.2, 0.25) is 0 Å². The number of hydrogen-bond donors (Lipinski definition) is 2. The Balaban J connectivity index is 2.38. The lowest BCUT2D eigenvalue weighted by Crippen LogP contribution is -2.39. The van der Waals surface area contributed by atoms with Gasteiger partial charge in [-0.3, -0.25) is 19.0 Å². The zero-order chi connectivity index (χ0) is 16.8. The number of aromatic nitrogens is 2. The third-order valence-electron chi connectivity index (χ3n) is 3.34. The molecule has 2 aromatic rings. The largest absolute Gasteiger partial charge is 0.480 e. The first-order valence-corrected chi connectivity index (χ1v) is 8.38. The number of rotatable bonds is 7. The standard InChI is InChI=1S/C15H17N3O4S/c1-23-7-6-12(14(21)16-8-13(19)20)18-9-17-11-5-3-2-4-10(11)15(18)22/h2-5,9,12H,6-8H2,1H3,(H,16,21)(H,19,20). The van der Waals surface area contributed by atoms with E-state index in [1.807, 2.05) is 6.26 Å². The maximum Gasteiger partial charge on any atom is 0.322 e. The Labute approximate surface area is 136 Å². The van der Waals surface area contributed by atoms with Crippen LogP contribution in [0.1, 0.15) is 12.5 Å². The number of fused-ring (bicyclic) bond motifs is 1. The summed E-state index contributed by atoms with van der Waals surface area (Å²) in [6.45, 7) is -0.482. The van der Waals surface area contributed by atoms with E-state index in [1.54, 1.807) is 36.0 Å². The van der Waals surface area contributed by atoms with Crippen molar-refractivity contribution in [2.45, 2.75) is 12.5 Å². The average Bonchev–Trinajstić information content (AvgIpc) is 2.55. The Bertz CT molecular complexity index is 775. The Morgan fingerprint density at radius 2 is 2.13 bits per heavy atom. The van der Waals surface area contributed by atoms with Gasteiger partial charge in [-0.05, 0) is 30.6 Å². The summed E-state index contributed by atoms with van der Waals surface area (Å²) in [5, 5.41) is 11.4. The van der Waals surface area contributed by atoms with E-state index in [0.29, 0.717) is 23.1 Å². The number of carboxylic acid groups (broad SMARTS) is 1. The van der Waals surface area contributed by atoms with E-state index in [1.165, 1.54) is 10.9 Å². The third kappa shape index (κ3) is 4.10. The number of carbonyl (C=O) groups is 2.